The second-order valence-electron chi connectivity index (χ2n) is 4.61. The van der Waals surface area contributed by atoms with Gasteiger partial charge in [0.1, 0.15) is 0 Å². The molecule has 0 saturated carbocycles. The molecule has 0 spiro atoms. The predicted molar refractivity (Wildman–Crippen MR) is 76.8 cm³/mol. The summed E-state index contributed by atoms with van der Waals surface area (Å²) in [6, 6.07) is 2.71. The van der Waals surface area contributed by atoms with Gasteiger partial charge in [0.05, 0.1) is 6.10 Å². The van der Waals surface area contributed by atoms with Crippen LogP contribution >= 0.6 is 27.3 Å². The Bertz CT molecular complexity index is 341. The van der Waals surface area contributed by atoms with Gasteiger partial charge in [0.2, 0.25) is 0 Å². The smallest absolute Gasteiger partial charge is 0.0576 e. The lowest BCUT2D eigenvalue weighted by Crippen LogP contribution is -2.17. The molecule has 0 radical (unpaired) electrons. The number of aryl methyl sites for hydroxylation is 1. The highest BCUT2D eigenvalue weighted by Crippen LogP contribution is 2.33. The second-order valence-corrected chi connectivity index (χ2v) is 6.75. The Kier molecular flexibility index (Phi) is 5.03. The number of ether oxygens (including phenoxy) is 1. The van der Waals surface area contributed by atoms with Crippen LogP contribution in [0, 0.1) is 6.92 Å². The van der Waals surface area contributed by atoms with Crippen LogP contribution in [-0.4, -0.2) is 19.8 Å². The molecular weight excluding hydrogens is 298 g/mol. The Morgan fingerprint density at radius 1 is 1.65 bits per heavy atom. The van der Waals surface area contributed by atoms with Crippen molar-refractivity contribution in [1.29, 1.82) is 0 Å². The van der Waals surface area contributed by atoms with Crippen LogP contribution in [0.2, 0.25) is 0 Å². The van der Waals surface area contributed by atoms with Crippen molar-refractivity contribution in [3.05, 3.63) is 20.3 Å². The summed E-state index contributed by atoms with van der Waals surface area (Å²) in [5.74, 6) is 0. The fourth-order valence-corrected chi connectivity index (χ4v) is 4.01. The third-order valence-corrected chi connectivity index (χ3v) is 5.62. The van der Waals surface area contributed by atoms with Crippen LogP contribution in [0.4, 0.5) is 0 Å². The summed E-state index contributed by atoms with van der Waals surface area (Å²) in [5, 5.41) is 3.42. The van der Waals surface area contributed by atoms with E-state index in [0.29, 0.717) is 12.1 Å². The van der Waals surface area contributed by atoms with Gasteiger partial charge in [0.25, 0.3) is 0 Å². The Morgan fingerprint density at radius 2 is 2.47 bits per heavy atom. The number of rotatable bonds is 5. The lowest BCUT2D eigenvalue weighted by atomic mass is 10.0. The summed E-state index contributed by atoms with van der Waals surface area (Å²) < 4.78 is 6.91. The Morgan fingerprint density at radius 3 is 3.00 bits per heavy atom. The minimum absolute atomic E-state index is 0.467. The lowest BCUT2D eigenvalue weighted by Gasteiger charge is -2.16. The van der Waals surface area contributed by atoms with Crippen LogP contribution in [0.5, 0.6) is 0 Å². The molecule has 1 aromatic rings. The van der Waals surface area contributed by atoms with Crippen LogP contribution in [0.15, 0.2) is 10.5 Å². The van der Waals surface area contributed by atoms with Gasteiger partial charge in [-0.05, 0) is 61.7 Å². The maximum absolute atomic E-state index is 5.68. The van der Waals surface area contributed by atoms with E-state index < -0.39 is 0 Å². The van der Waals surface area contributed by atoms with Gasteiger partial charge < -0.3 is 10.1 Å². The largest absolute Gasteiger partial charge is 0.378 e. The predicted octanol–water partition coefficient (Wildman–Crippen LogP) is 4.04. The van der Waals surface area contributed by atoms with Crippen LogP contribution in [0.1, 0.15) is 41.5 Å². The van der Waals surface area contributed by atoms with Crippen molar-refractivity contribution in [2.75, 3.05) is 13.7 Å². The van der Waals surface area contributed by atoms with Gasteiger partial charge >= 0.3 is 0 Å². The maximum Gasteiger partial charge on any atom is 0.0576 e. The Labute approximate surface area is 116 Å². The topological polar surface area (TPSA) is 21.3 Å². The van der Waals surface area contributed by atoms with E-state index in [1.807, 2.05) is 18.4 Å². The molecule has 2 unspecified atom stereocenters. The third-order valence-electron chi connectivity index (χ3n) is 3.37. The monoisotopic (exact) mass is 317 g/mol. The van der Waals surface area contributed by atoms with Crippen molar-refractivity contribution in [2.45, 2.75) is 44.8 Å². The lowest BCUT2D eigenvalue weighted by molar-refractivity contribution is 0.0999. The molecule has 2 heterocycles. The summed E-state index contributed by atoms with van der Waals surface area (Å²) in [5.41, 5.74) is 0. The highest BCUT2D eigenvalue weighted by molar-refractivity contribution is 9.10. The maximum atomic E-state index is 5.68. The molecule has 0 amide bonds. The first-order valence-corrected chi connectivity index (χ1v) is 7.86. The number of hydrogen-bond acceptors (Lipinski definition) is 3. The molecule has 2 nitrogen and oxygen atoms in total. The first kappa shape index (κ1) is 13.5. The fourth-order valence-electron chi connectivity index (χ4n) is 2.31. The summed E-state index contributed by atoms with van der Waals surface area (Å²) in [4.78, 5) is 2.78. The Balaban J connectivity index is 1.91. The minimum Gasteiger partial charge on any atom is -0.378 e. The van der Waals surface area contributed by atoms with Gasteiger partial charge in [0.15, 0.2) is 0 Å². The third kappa shape index (κ3) is 3.53. The van der Waals surface area contributed by atoms with Crippen LogP contribution in [-0.2, 0) is 4.74 Å². The van der Waals surface area contributed by atoms with Crippen molar-refractivity contribution in [3.63, 3.8) is 0 Å². The van der Waals surface area contributed by atoms with Crippen LogP contribution < -0.4 is 5.32 Å². The zero-order valence-electron chi connectivity index (χ0n) is 10.5. The number of hydrogen-bond donors (Lipinski definition) is 1. The normalized spacial score (nSPS) is 21.9. The summed E-state index contributed by atoms with van der Waals surface area (Å²) in [6.07, 6.45) is 5.30. The average molecular weight is 318 g/mol. The molecule has 4 heteroatoms. The Hall–Kier alpha value is 0.1000. The molecule has 0 bridgehead atoms. The molecule has 1 aliphatic heterocycles. The second kappa shape index (κ2) is 6.32. The van der Waals surface area contributed by atoms with Crippen molar-refractivity contribution in [1.82, 2.24) is 5.32 Å². The molecular formula is C13H20BrNOS. The molecule has 17 heavy (non-hydrogen) atoms. The van der Waals surface area contributed by atoms with Gasteiger partial charge in [-0.2, -0.15) is 0 Å². The first-order chi connectivity index (χ1) is 8.20. The van der Waals surface area contributed by atoms with Gasteiger partial charge in [-0.15, -0.1) is 11.3 Å². The molecule has 2 atom stereocenters. The van der Waals surface area contributed by atoms with E-state index in [2.05, 4.69) is 34.2 Å². The van der Waals surface area contributed by atoms with Gasteiger partial charge in [-0.3, -0.25) is 0 Å². The minimum atomic E-state index is 0.467. The van der Waals surface area contributed by atoms with Crippen molar-refractivity contribution in [3.8, 4) is 0 Å². The fraction of sp³-hybridized carbons (Fsp3) is 0.692. The van der Waals surface area contributed by atoms with Crippen molar-refractivity contribution < 1.29 is 4.74 Å². The van der Waals surface area contributed by atoms with Gasteiger partial charge in [-0.25, -0.2) is 0 Å². The van der Waals surface area contributed by atoms with Crippen molar-refractivity contribution >= 4 is 27.3 Å². The number of thiophene rings is 1. The van der Waals surface area contributed by atoms with E-state index in [4.69, 9.17) is 4.74 Å². The van der Waals surface area contributed by atoms with E-state index in [1.54, 1.807) is 0 Å². The molecule has 1 aliphatic rings. The van der Waals surface area contributed by atoms with E-state index in [-0.39, 0.29) is 0 Å². The summed E-state index contributed by atoms with van der Waals surface area (Å²) >= 11 is 5.47. The molecule has 2 rings (SSSR count). The van der Waals surface area contributed by atoms with Gasteiger partial charge in [-0.1, -0.05) is 0 Å². The summed E-state index contributed by atoms with van der Waals surface area (Å²) in [7, 11) is 2.04. The standard InChI is InChI=1S/C13H20BrNOS/c1-9-11(14)8-13(17-9)12(15-2)6-5-10-4-3-7-16-10/h8,10,12,15H,3-7H2,1-2H3. The van der Waals surface area contributed by atoms with Crippen LogP contribution in [0.25, 0.3) is 0 Å². The zero-order chi connectivity index (χ0) is 12.3. The molecule has 0 aliphatic carbocycles. The van der Waals surface area contributed by atoms with Crippen molar-refractivity contribution in [2.24, 2.45) is 0 Å². The van der Waals surface area contributed by atoms with E-state index >= 15 is 0 Å². The number of nitrogens with one attached hydrogen (secondary N) is 1. The molecule has 1 saturated heterocycles. The van der Waals surface area contributed by atoms with Crippen LogP contribution in [0.3, 0.4) is 0 Å². The average Bonchev–Trinajstić information content (AvgIpc) is 2.91. The SMILES string of the molecule is CNC(CCC1CCCO1)c1cc(Br)c(C)s1. The molecule has 96 valence electrons. The highest BCUT2D eigenvalue weighted by atomic mass is 79.9. The number of halogens is 1. The highest BCUT2D eigenvalue weighted by Gasteiger charge is 2.19. The first-order valence-electron chi connectivity index (χ1n) is 6.25. The van der Waals surface area contributed by atoms with E-state index in [9.17, 15) is 0 Å². The van der Waals surface area contributed by atoms with E-state index in [0.717, 1.165) is 13.0 Å². The molecule has 0 aromatic carbocycles. The molecule has 1 N–H and O–H groups in total. The molecule has 1 fully saturated rings. The zero-order valence-corrected chi connectivity index (χ0v) is 12.9. The molecule has 1 aromatic heterocycles. The quantitative estimate of drug-likeness (QED) is 0.885. The van der Waals surface area contributed by atoms with E-state index in [1.165, 1.54) is 33.5 Å². The van der Waals surface area contributed by atoms with Gasteiger partial charge in [0, 0.05) is 26.9 Å². The summed E-state index contributed by atoms with van der Waals surface area (Å²) in [6.45, 7) is 3.11.